The molecule has 1 aliphatic carbocycles. The van der Waals surface area contributed by atoms with Crippen molar-refractivity contribution in [3.05, 3.63) is 23.7 Å². The van der Waals surface area contributed by atoms with Crippen LogP contribution in [0.4, 0.5) is 0 Å². The van der Waals surface area contributed by atoms with Crippen molar-refractivity contribution >= 4 is 0 Å². The highest BCUT2D eigenvalue weighted by molar-refractivity contribution is 5.17. The number of hydrogen-bond donors (Lipinski definition) is 1. The van der Waals surface area contributed by atoms with Crippen LogP contribution < -0.4 is 5.32 Å². The Morgan fingerprint density at radius 2 is 2.25 bits per heavy atom. The Morgan fingerprint density at radius 3 is 2.81 bits per heavy atom. The van der Waals surface area contributed by atoms with Crippen LogP contribution >= 0.6 is 0 Å². The van der Waals surface area contributed by atoms with Crippen molar-refractivity contribution in [3.63, 3.8) is 0 Å². The molecule has 0 bridgehead atoms. The summed E-state index contributed by atoms with van der Waals surface area (Å²) in [7, 11) is 2.06. The zero-order chi connectivity index (χ0) is 11.5. The Morgan fingerprint density at radius 1 is 1.44 bits per heavy atom. The first kappa shape index (κ1) is 11.7. The van der Waals surface area contributed by atoms with Crippen LogP contribution in [0.1, 0.15) is 50.0 Å². The summed E-state index contributed by atoms with van der Waals surface area (Å²) in [5.74, 6) is 2.66. The molecule has 1 heterocycles. The van der Waals surface area contributed by atoms with Gasteiger partial charge in [-0.25, -0.2) is 0 Å². The molecule has 16 heavy (non-hydrogen) atoms. The van der Waals surface area contributed by atoms with E-state index < -0.39 is 0 Å². The molecule has 1 saturated carbocycles. The monoisotopic (exact) mass is 221 g/mol. The molecule has 1 aliphatic rings. The van der Waals surface area contributed by atoms with Gasteiger partial charge in [0.05, 0.1) is 6.26 Å². The van der Waals surface area contributed by atoms with E-state index in [1.165, 1.54) is 31.2 Å². The fourth-order valence-electron chi connectivity index (χ4n) is 3.09. The third kappa shape index (κ3) is 2.49. The summed E-state index contributed by atoms with van der Waals surface area (Å²) >= 11 is 0. The molecule has 1 fully saturated rings. The van der Waals surface area contributed by atoms with E-state index in [1.807, 2.05) is 13.2 Å². The molecule has 0 aromatic carbocycles. The van der Waals surface area contributed by atoms with Gasteiger partial charge in [0.1, 0.15) is 5.76 Å². The molecule has 0 aliphatic heterocycles. The van der Waals surface area contributed by atoms with Crippen LogP contribution in [-0.4, -0.2) is 7.05 Å². The molecule has 3 unspecified atom stereocenters. The van der Waals surface area contributed by atoms with Gasteiger partial charge in [0.25, 0.3) is 0 Å². The van der Waals surface area contributed by atoms with Crippen molar-refractivity contribution in [1.82, 2.24) is 5.32 Å². The van der Waals surface area contributed by atoms with Gasteiger partial charge in [0, 0.05) is 11.6 Å². The van der Waals surface area contributed by atoms with Gasteiger partial charge in [-0.3, -0.25) is 0 Å². The van der Waals surface area contributed by atoms with Gasteiger partial charge < -0.3 is 9.73 Å². The van der Waals surface area contributed by atoms with Crippen molar-refractivity contribution < 1.29 is 4.42 Å². The molecule has 3 atom stereocenters. The molecular formula is C14H23NO. The summed E-state index contributed by atoms with van der Waals surface area (Å²) in [5.41, 5.74) is 1.32. The molecule has 2 rings (SSSR count). The fourth-order valence-corrected chi connectivity index (χ4v) is 3.09. The van der Waals surface area contributed by atoms with E-state index >= 15 is 0 Å². The minimum atomic E-state index is 0.472. The second-order valence-electron chi connectivity index (χ2n) is 5.29. The maximum absolute atomic E-state index is 5.42. The number of rotatable bonds is 3. The van der Waals surface area contributed by atoms with Crippen molar-refractivity contribution in [1.29, 1.82) is 0 Å². The van der Waals surface area contributed by atoms with Gasteiger partial charge in [0.15, 0.2) is 0 Å². The fraction of sp³-hybridized carbons (Fsp3) is 0.714. The molecule has 1 N–H and O–H groups in total. The number of aryl methyl sites for hydroxylation is 1. The van der Waals surface area contributed by atoms with Crippen molar-refractivity contribution in [2.45, 2.75) is 45.6 Å². The van der Waals surface area contributed by atoms with Crippen LogP contribution in [0.3, 0.4) is 0 Å². The summed E-state index contributed by atoms with van der Waals surface area (Å²) in [6.45, 7) is 4.39. The van der Waals surface area contributed by atoms with E-state index in [4.69, 9.17) is 4.42 Å². The third-order valence-electron chi connectivity index (χ3n) is 3.87. The number of nitrogens with one attached hydrogen (secondary N) is 1. The highest BCUT2D eigenvalue weighted by Gasteiger charge is 2.27. The lowest BCUT2D eigenvalue weighted by Crippen LogP contribution is -2.28. The van der Waals surface area contributed by atoms with Gasteiger partial charge in [-0.05, 0) is 44.7 Å². The molecular weight excluding hydrogens is 198 g/mol. The minimum absolute atomic E-state index is 0.472. The van der Waals surface area contributed by atoms with E-state index in [2.05, 4.69) is 25.4 Å². The van der Waals surface area contributed by atoms with Crippen LogP contribution in [0.2, 0.25) is 0 Å². The molecule has 2 heteroatoms. The maximum atomic E-state index is 5.42. The van der Waals surface area contributed by atoms with Crippen LogP contribution in [0.15, 0.2) is 16.7 Å². The minimum Gasteiger partial charge on any atom is -0.469 e. The standard InChI is InChI=1S/C14H23NO/c1-10-5-4-6-12(7-10)14(15-3)13-8-11(2)16-9-13/h8-10,12,14-15H,4-7H2,1-3H3. The molecule has 0 spiro atoms. The second-order valence-corrected chi connectivity index (χ2v) is 5.29. The quantitative estimate of drug-likeness (QED) is 0.842. The summed E-state index contributed by atoms with van der Waals surface area (Å²) in [5, 5.41) is 3.46. The zero-order valence-corrected chi connectivity index (χ0v) is 10.6. The highest BCUT2D eigenvalue weighted by atomic mass is 16.3. The largest absolute Gasteiger partial charge is 0.469 e. The number of furan rings is 1. The Labute approximate surface area is 98.4 Å². The molecule has 1 aromatic rings. The van der Waals surface area contributed by atoms with Crippen molar-refractivity contribution in [3.8, 4) is 0 Å². The van der Waals surface area contributed by atoms with Crippen LogP contribution in [0.25, 0.3) is 0 Å². The summed E-state index contributed by atoms with van der Waals surface area (Å²) in [4.78, 5) is 0. The predicted octanol–water partition coefficient (Wildman–Crippen LogP) is 3.67. The van der Waals surface area contributed by atoms with Gasteiger partial charge in [-0.2, -0.15) is 0 Å². The normalized spacial score (nSPS) is 27.9. The molecule has 0 radical (unpaired) electrons. The van der Waals surface area contributed by atoms with E-state index in [0.717, 1.165) is 17.6 Å². The molecule has 2 nitrogen and oxygen atoms in total. The molecule has 1 aromatic heterocycles. The molecule has 0 saturated heterocycles. The Hall–Kier alpha value is -0.760. The zero-order valence-electron chi connectivity index (χ0n) is 10.6. The second kappa shape index (κ2) is 5.05. The summed E-state index contributed by atoms with van der Waals surface area (Å²) in [6, 6.07) is 2.64. The summed E-state index contributed by atoms with van der Waals surface area (Å²) < 4.78 is 5.42. The predicted molar refractivity (Wildman–Crippen MR) is 66.4 cm³/mol. The lowest BCUT2D eigenvalue weighted by atomic mass is 9.77. The van der Waals surface area contributed by atoms with E-state index in [-0.39, 0.29) is 0 Å². The number of hydrogen-bond acceptors (Lipinski definition) is 2. The lowest BCUT2D eigenvalue weighted by Gasteiger charge is -2.32. The maximum Gasteiger partial charge on any atom is 0.101 e. The Balaban J connectivity index is 2.09. The molecule has 0 amide bonds. The average Bonchev–Trinajstić information content (AvgIpc) is 2.66. The first-order chi connectivity index (χ1) is 7.70. The van der Waals surface area contributed by atoms with Crippen molar-refractivity contribution in [2.75, 3.05) is 7.05 Å². The third-order valence-corrected chi connectivity index (χ3v) is 3.87. The topological polar surface area (TPSA) is 25.2 Å². The lowest BCUT2D eigenvalue weighted by molar-refractivity contribution is 0.229. The van der Waals surface area contributed by atoms with Crippen LogP contribution in [0, 0.1) is 18.8 Å². The van der Waals surface area contributed by atoms with E-state index in [1.54, 1.807) is 0 Å². The summed E-state index contributed by atoms with van der Waals surface area (Å²) in [6.07, 6.45) is 7.38. The van der Waals surface area contributed by atoms with Crippen LogP contribution in [0.5, 0.6) is 0 Å². The highest BCUT2D eigenvalue weighted by Crippen LogP contribution is 2.37. The molecule has 90 valence electrons. The Bertz CT molecular complexity index is 331. The first-order valence-corrected chi connectivity index (χ1v) is 6.43. The van der Waals surface area contributed by atoms with Gasteiger partial charge in [-0.15, -0.1) is 0 Å². The first-order valence-electron chi connectivity index (χ1n) is 6.43. The van der Waals surface area contributed by atoms with Crippen molar-refractivity contribution in [2.24, 2.45) is 11.8 Å². The Kier molecular flexibility index (Phi) is 3.70. The average molecular weight is 221 g/mol. The SMILES string of the molecule is CNC(c1coc(C)c1)C1CCCC(C)C1. The van der Waals surface area contributed by atoms with Gasteiger partial charge in [0.2, 0.25) is 0 Å². The van der Waals surface area contributed by atoms with E-state index in [9.17, 15) is 0 Å². The van der Waals surface area contributed by atoms with E-state index in [0.29, 0.717) is 6.04 Å². The van der Waals surface area contributed by atoms with Crippen LogP contribution in [-0.2, 0) is 0 Å². The smallest absolute Gasteiger partial charge is 0.101 e. The van der Waals surface area contributed by atoms with Gasteiger partial charge >= 0.3 is 0 Å². The van der Waals surface area contributed by atoms with Gasteiger partial charge in [-0.1, -0.05) is 19.8 Å².